The third-order valence-electron chi connectivity index (χ3n) is 3.24. The van der Waals surface area contributed by atoms with Crippen LogP contribution in [0.2, 0.25) is 5.02 Å². The smallest absolute Gasteiger partial charge is 0.252 e. The first-order chi connectivity index (χ1) is 11.3. The summed E-state index contributed by atoms with van der Waals surface area (Å²) >= 11 is 10.5. The van der Waals surface area contributed by atoms with Crippen molar-refractivity contribution in [3.8, 4) is 0 Å². The van der Waals surface area contributed by atoms with Crippen molar-refractivity contribution >= 4 is 60.5 Å². The summed E-state index contributed by atoms with van der Waals surface area (Å²) in [5.41, 5.74) is 0.532. The second kappa shape index (κ2) is 8.44. The number of amides is 1. The number of sulfonamides is 1. The molecule has 0 atom stereocenters. The number of nitrogens with one attached hydrogen (secondary N) is 1. The SMILES string of the molecule is CN(CCCC(=O)Nc1ccc(Br)cc1Cl)S(=O)(=O)c1cccs1. The Kier molecular flexibility index (Phi) is 6.82. The normalized spacial score (nSPS) is 11.7. The summed E-state index contributed by atoms with van der Waals surface area (Å²) in [6.07, 6.45) is 0.623. The van der Waals surface area contributed by atoms with Gasteiger partial charge in [-0.25, -0.2) is 12.7 Å². The number of carbonyl (C=O) groups is 1. The monoisotopic (exact) mass is 450 g/mol. The highest BCUT2D eigenvalue weighted by Crippen LogP contribution is 2.26. The van der Waals surface area contributed by atoms with E-state index in [0.717, 1.165) is 4.47 Å². The van der Waals surface area contributed by atoms with Crippen LogP contribution in [0.3, 0.4) is 0 Å². The lowest BCUT2D eigenvalue weighted by atomic mass is 10.2. The number of rotatable bonds is 7. The molecular formula is C15H16BrClN2O3S2. The van der Waals surface area contributed by atoms with Crippen LogP contribution < -0.4 is 5.32 Å². The number of carbonyl (C=O) groups excluding carboxylic acids is 1. The van der Waals surface area contributed by atoms with Crippen LogP contribution >= 0.6 is 38.9 Å². The van der Waals surface area contributed by atoms with Gasteiger partial charge in [0.15, 0.2) is 0 Å². The second-order valence-electron chi connectivity index (χ2n) is 5.03. The summed E-state index contributed by atoms with van der Waals surface area (Å²) in [6.45, 7) is 0.266. The highest BCUT2D eigenvalue weighted by atomic mass is 79.9. The van der Waals surface area contributed by atoms with Crippen LogP contribution in [0.25, 0.3) is 0 Å². The summed E-state index contributed by atoms with van der Waals surface area (Å²) in [5, 5.41) is 4.88. The summed E-state index contributed by atoms with van der Waals surface area (Å²) < 4.78 is 26.9. The van der Waals surface area contributed by atoms with E-state index in [0.29, 0.717) is 21.3 Å². The van der Waals surface area contributed by atoms with E-state index in [-0.39, 0.29) is 18.9 Å². The van der Waals surface area contributed by atoms with Gasteiger partial charge in [-0.1, -0.05) is 33.6 Å². The maximum Gasteiger partial charge on any atom is 0.252 e. The fourth-order valence-corrected chi connectivity index (χ4v) is 5.08. The summed E-state index contributed by atoms with van der Waals surface area (Å²) in [5.74, 6) is -0.207. The van der Waals surface area contributed by atoms with Crippen molar-refractivity contribution in [2.45, 2.75) is 17.1 Å². The molecule has 9 heteroatoms. The molecular weight excluding hydrogens is 436 g/mol. The van der Waals surface area contributed by atoms with Gasteiger partial charge in [0.05, 0.1) is 10.7 Å². The number of benzene rings is 1. The van der Waals surface area contributed by atoms with Gasteiger partial charge < -0.3 is 5.32 Å². The standard InChI is InChI=1S/C15H16BrClN2O3S2/c1-19(24(21,22)15-5-3-9-23-15)8-2-4-14(20)18-13-7-6-11(16)10-12(13)17/h3,5-7,9-10H,2,4,8H2,1H3,(H,18,20). The first-order valence-electron chi connectivity index (χ1n) is 7.05. The van der Waals surface area contributed by atoms with Crippen LogP contribution in [0.1, 0.15) is 12.8 Å². The molecule has 24 heavy (non-hydrogen) atoms. The van der Waals surface area contributed by atoms with Crippen molar-refractivity contribution in [3.63, 3.8) is 0 Å². The minimum absolute atomic E-state index is 0.205. The molecule has 2 aromatic rings. The van der Waals surface area contributed by atoms with Gasteiger partial charge in [0, 0.05) is 24.5 Å². The van der Waals surface area contributed by atoms with Crippen molar-refractivity contribution in [1.82, 2.24) is 4.31 Å². The molecule has 0 bridgehead atoms. The molecule has 0 fully saturated rings. The Morgan fingerprint density at radius 2 is 2.12 bits per heavy atom. The predicted molar refractivity (Wildman–Crippen MR) is 101 cm³/mol. The van der Waals surface area contributed by atoms with Gasteiger partial charge in [0.25, 0.3) is 10.0 Å². The van der Waals surface area contributed by atoms with E-state index in [2.05, 4.69) is 21.2 Å². The van der Waals surface area contributed by atoms with E-state index < -0.39 is 10.0 Å². The number of anilines is 1. The Balaban J connectivity index is 1.84. The molecule has 0 aliphatic carbocycles. The van der Waals surface area contributed by atoms with E-state index in [4.69, 9.17) is 11.6 Å². The van der Waals surface area contributed by atoms with Crippen LogP contribution in [-0.4, -0.2) is 32.2 Å². The topological polar surface area (TPSA) is 66.5 Å². The van der Waals surface area contributed by atoms with Gasteiger partial charge >= 0.3 is 0 Å². The van der Waals surface area contributed by atoms with E-state index in [1.807, 2.05) is 0 Å². The number of halogens is 2. The fraction of sp³-hybridized carbons (Fsp3) is 0.267. The molecule has 0 saturated heterocycles. The van der Waals surface area contributed by atoms with Crippen LogP contribution in [0.5, 0.6) is 0 Å². The average Bonchev–Trinajstić information content (AvgIpc) is 3.05. The van der Waals surface area contributed by atoms with Crippen LogP contribution in [0, 0.1) is 0 Å². The molecule has 1 aromatic heterocycles. The molecule has 1 N–H and O–H groups in total. The number of nitrogens with zero attached hydrogens (tertiary/aromatic N) is 1. The van der Waals surface area contributed by atoms with Crippen molar-refractivity contribution in [3.05, 3.63) is 45.2 Å². The Morgan fingerprint density at radius 3 is 2.75 bits per heavy atom. The first kappa shape index (κ1) is 19.4. The maximum absolute atomic E-state index is 12.3. The quantitative estimate of drug-likeness (QED) is 0.686. The Bertz CT molecular complexity index is 810. The number of thiophene rings is 1. The van der Waals surface area contributed by atoms with Crippen LogP contribution in [0.4, 0.5) is 5.69 Å². The van der Waals surface area contributed by atoms with Gasteiger partial charge in [-0.05, 0) is 36.1 Å². The largest absolute Gasteiger partial charge is 0.325 e. The lowest BCUT2D eigenvalue weighted by Crippen LogP contribution is -2.28. The zero-order valence-corrected chi connectivity index (χ0v) is 16.8. The Labute approximate surface area is 158 Å². The number of hydrogen-bond donors (Lipinski definition) is 1. The molecule has 0 unspecified atom stereocenters. The summed E-state index contributed by atoms with van der Waals surface area (Å²) in [6, 6.07) is 8.44. The van der Waals surface area contributed by atoms with E-state index in [9.17, 15) is 13.2 Å². The summed E-state index contributed by atoms with van der Waals surface area (Å²) in [7, 11) is -1.96. The molecule has 5 nitrogen and oxygen atoms in total. The van der Waals surface area contributed by atoms with Crippen molar-refractivity contribution in [2.75, 3.05) is 18.9 Å². The highest BCUT2D eigenvalue weighted by molar-refractivity contribution is 9.10. The third kappa shape index (κ3) is 5.03. The zero-order chi connectivity index (χ0) is 17.7. The molecule has 1 heterocycles. The number of hydrogen-bond acceptors (Lipinski definition) is 4. The first-order valence-corrected chi connectivity index (χ1v) is 10.5. The Morgan fingerprint density at radius 1 is 1.38 bits per heavy atom. The fourth-order valence-electron chi connectivity index (χ4n) is 1.95. The van der Waals surface area contributed by atoms with E-state index >= 15 is 0 Å². The van der Waals surface area contributed by atoms with Crippen LogP contribution in [-0.2, 0) is 14.8 Å². The third-order valence-corrected chi connectivity index (χ3v) is 7.28. The predicted octanol–water partition coefficient (Wildman–Crippen LogP) is 4.20. The lowest BCUT2D eigenvalue weighted by molar-refractivity contribution is -0.116. The van der Waals surface area contributed by atoms with Gasteiger partial charge in [-0.15, -0.1) is 11.3 Å². The highest BCUT2D eigenvalue weighted by Gasteiger charge is 2.21. The zero-order valence-electron chi connectivity index (χ0n) is 12.8. The minimum atomic E-state index is -3.47. The van der Waals surface area contributed by atoms with E-state index in [1.54, 1.807) is 35.7 Å². The molecule has 0 saturated carbocycles. The average molecular weight is 452 g/mol. The molecule has 130 valence electrons. The Hall–Kier alpha value is -0.930. The van der Waals surface area contributed by atoms with Gasteiger partial charge in [0.2, 0.25) is 5.91 Å². The second-order valence-corrected chi connectivity index (χ2v) is 9.58. The van der Waals surface area contributed by atoms with Crippen molar-refractivity contribution in [2.24, 2.45) is 0 Å². The van der Waals surface area contributed by atoms with Gasteiger partial charge in [-0.3, -0.25) is 4.79 Å². The molecule has 1 aromatic carbocycles. The molecule has 1 amide bonds. The lowest BCUT2D eigenvalue weighted by Gasteiger charge is -2.15. The maximum atomic E-state index is 12.3. The van der Waals surface area contributed by atoms with Gasteiger partial charge in [0.1, 0.15) is 4.21 Å². The van der Waals surface area contributed by atoms with E-state index in [1.165, 1.54) is 22.7 Å². The van der Waals surface area contributed by atoms with Crippen molar-refractivity contribution in [1.29, 1.82) is 0 Å². The summed E-state index contributed by atoms with van der Waals surface area (Å²) in [4.78, 5) is 12.0. The van der Waals surface area contributed by atoms with Crippen LogP contribution in [0.15, 0.2) is 44.4 Å². The molecule has 0 aliphatic rings. The van der Waals surface area contributed by atoms with Gasteiger partial charge in [-0.2, -0.15) is 0 Å². The molecule has 0 radical (unpaired) electrons. The molecule has 0 aliphatic heterocycles. The molecule has 0 spiro atoms. The minimum Gasteiger partial charge on any atom is -0.325 e. The van der Waals surface area contributed by atoms with Crippen molar-refractivity contribution < 1.29 is 13.2 Å². The molecule has 2 rings (SSSR count).